The molecule has 0 saturated carbocycles. The fourth-order valence-electron chi connectivity index (χ4n) is 2.42. The van der Waals surface area contributed by atoms with Gasteiger partial charge in [-0.3, -0.25) is 4.98 Å². The van der Waals surface area contributed by atoms with Crippen LogP contribution in [0.3, 0.4) is 0 Å². The Morgan fingerprint density at radius 2 is 1.96 bits per heavy atom. The summed E-state index contributed by atoms with van der Waals surface area (Å²) in [6.45, 7) is 0. The van der Waals surface area contributed by atoms with Crippen molar-refractivity contribution in [1.82, 2.24) is 24.6 Å². The minimum atomic E-state index is -0.579. The first-order chi connectivity index (χ1) is 12.7. The lowest BCUT2D eigenvalue weighted by Gasteiger charge is -2.10. The smallest absolute Gasteiger partial charge is 0.214 e. The van der Waals surface area contributed by atoms with Gasteiger partial charge >= 0.3 is 0 Å². The quantitative estimate of drug-likeness (QED) is 0.606. The van der Waals surface area contributed by atoms with E-state index in [0.717, 1.165) is 10.7 Å². The van der Waals surface area contributed by atoms with Gasteiger partial charge in [-0.1, -0.05) is 6.07 Å². The molecule has 0 bridgehead atoms. The number of hydrogen-bond acceptors (Lipinski definition) is 6. The summed E-state index contributed by atoms with van der Waals surface area (Å²) >= 11 is 0. The van der Waals surface area contributed by atoms with Crippen LogP contribution in [0.1, 0.15) is 0 Å². The molecule has 0 spiro atoms. The van der Waals surface area contributed by atoms with Crippen molar-refractivity contribution in [3.8, 4) is 17.4 Å². The third-order valence-electron chi connectivity index (χ3n) is 3.65. The van der Waals surface area contributed by atoms with Gasteiger partial charge in [0, 0.05) is 12.3 Å². The Labute approximate surface area is 146 Å². The molecule has 0 fully saturated rings. The Bertz CT molecular complexity index is 1100. The average molecular weight is 354 g/mol. The molecule has 9 heteroatoms. The maximum atomic E-state index is 14.1. The molecule has 4 aromatic rings. The number of nitrogens with zero attached hydrogens (tertiary/aromatic N) is 5. The van der Waals surface area contributed by atoms with E-state index in [1.165, 1.54) is 31.5 Å². The predicted octanol–water partition coefficient (Wildman–Crippen LogP) is 3.22. The molecule has 26 heavy (non-hydrogen) atoms. The number of ether oxygens (including phenoxy) is 1. The van der Waals surface area contributed by atoms with Crippen molar-refractivity contribution in [2.75, 3.05) is 12.4 Å². The summed E-state index contributed by atoms with van der Waals surface area (Å²) in [6.07, 6.45) is 2.51. The maximum absolute atomic E-state index is 14.1. The molecule has 0 saturated heterocycles. The van der Waals surface area contributed by atoms with E-state index in [4.69, 9.17) is 4.74 Å². The van der Waals surface area contributed by atoms with Crippen molar-refractivity contribution in [2.24, 2.45) is 0 Å². The summed E-state index contributed by atoms with van der Waals surface area (Å²) in [6, 6.07) is 9.26. The van der Waals surface area contributed by atoms with Crippen LogP contribution in [0.25, 0.3) is 17.0 Å². The van der Waals surface area contributed by atoms with Crippen molar-refractivity contribution in [3.63, 3.8) is 0 Å². The molecular weight excluding hydrogens is 342 g/mol. The topological polar surface area (TPSA) is 77.2 Å². The summed E-state index contributed by atoms with van der Waals surface area (Å²) in [5.41, 5.74) is 0.898. The molecule has 0 aliphatic carbocycles. The third-order valence-corrected chi connectivity index (χ3v) is 3.65. The van der Waals surface area contributed by atoms with Gasteiger partial charge in [0.15, 0.2) is 11.6 Å². The second kappa shape index (κ2) is 6.36. The Morgan fingerprint density at radius 3 is 2.77 bits per heavy atom. The molecule has 0 radical (unpaired) electrons. The normalized spacial score (nSPS) is 10.9. The maximum Gasteiger partial charge on any atom is 0.214 e. The Morgan fingerprint density at radius 1 is 1.08 bits per heavy atom. The Hall–Kier alpha value is -3.62. The Balaban J connectivity index is 1.87. The highest BCUT2D eigenvalue weighted by atomic mass is 19.1. The number of anilines is 2. The van der Waals surface area contributed by atoms with Crippen molar-refractivity contribution in [1.29, 1.82) is 0 Å². The lowest BCUT2D eigenvalue weighted by Crippen LogP contribution is -2.06. The van der Waals surface area contributed by atoms with Gasteiger partial charge in [0.2, 0.25) is 17.7 Å². The Kier molecular flexibility index (Phi) is 3.88. The number of pyridine rings is 2. The SMILES string of the molecule is COc1cccc(-c2nc(Nc3ccncc3F)c3ccc(F)n3n2)n1. The van der Waals surface area contributed by atoms with Gasteiger partial charge in [-0.25, -0.2) is 18.9 Å². The number of aromatic nitrogens is 5. The molecule has 4 aromatic heterocycles. The van der Waals surface area contributed by atoms with Crippen LogP contribution in [0.5, 0.6) is 5.88 Å². The molecule has 1 N–H and O–H groups in total. The molecule has 0 atom stereocenters. The van der Waals surface area contributed by atoms with Gasteiger partial charge in [-0.15, -0.1) is 5.10 Å². The van der Waals surface area contributed by atoms with Gasteiger partial charge in [0.1, 0.15) is 11.2 Å². The minimum absolute atomic E-state index is 0.156. The standard InChI is InChI=1S/C17H12F2N6O/c1-26-15-4-2-3-12(21-15)16-23-17(13-5-6-14(19)25(13)24-16)22-11-7-8-20-9-10(11)18/h2-9H,1H3,(H,20,22,23,24). The van der Waals surface area contributed by atoms with Crippen LogP contribution in [-0.2, 0) is 0 Å². The highest BCUT2D eigenvalue weighted by Crippen LogP contribution is 2.25. The zero-order chi connectivity index (χ0) is 18.1. The van der Waals surface area contributed by atoms with E-state index in [2.05, 4.69) is 25.4 Å². The van der Waals surface area contributed by atoms with Crippen LogP contribution in [0.4, 0.5) is 20.3 Å². The van der Waals surface area contributed by atoms with Crippen molar-refractivity contribution >= 4 is 17.0 Å². The molecule has 4 rings (SSSR count). The van der Waals surface area contributed by atoms with Crippen LogP contribution in [0, 0.1) is 11.8 Å². The van der Waals surface area contributed by atoms with Crippen LogP contribution >= 0.6 is 0 Å². The monoisotopic (exact) mass is 354 g/mol. The number of hydrogen-bond donors (Lipinski definition) is 1. The fourth-order valence-corrected chi connectivity index (χ4v) is 2.42. The third kappa shape index (κ3) is 2.79. The van der Waals surface area contributed by atoms with E-state index in [9.17, 15) is 8.78 Å². The second-order valence-electron chi connectivity index (χ2n) is 5.28. The first kappa shape index (κ1) is 15.9. The lowest BCUT2D eigenvalue weighted by molar-refractivity contribution is 0.398. The van der Waals surface area contributed by atoms with E-state index in [1.54, 1.807) is 18.2 Å². The first-order valence-corrected chi connectivity index (χ1v) is 7.59. The van der Waals surface area contributed by atoms with Crippen molar-refractivity contribution in [2.45, 2.75) is 0 Å². The second-order valence-corrected chi connectivity index (χ2v) is 5.28. The van der Waals surface area contributed by atoms with E-state index in [-0.39, 0.29) is 17.3 Å². The fraction of sp³-hybridized carbons (Fsp3) is 0.0588. The molecule has 4 heterocycles. The zero-order valence-electron chi connectivity index (χ0n) is 13.5. The largest absolute Gasteiger partial charge is 0.481 e. The number of halogens is 2. The lowest BCUT2D eigenvalue weighted by atomic mass is 10.3. The highest BCUT2D eigenvalue weighted by molar-refractivity contribution is 5.74. The molecule has 0 aliphatic rings. The van der Waals surface area contributed by atoms with E-state index in [0.29, 0.717) is 17.1 Å². The summed E-state index contributed by atoms with van der Waals surface area (Å²) in [5.74, 6) is -0.381. The van der Waals surface area contributed by atoms with Gasteiger partial charge in [-0.2, -0.15) is 4.39 Å². The van der Waals surface area contributed by atoms with Crippen LogP contribution in [0.2, 0.25) is 0 Å². The summed E-state index contributed by atoms with van der Waals surface area (Å²) < 4.78 is 34.2. The molecular formula is C17H12F2N6O. The van der Waals surface area contributed by atoms with Gasteiger partial charge in [0.05, 0.1) is 19.0 Å². The van der Waals surface area contributed by atoms with Crippen LogP contribution < -0.4 is 10.1 Å². The van der Waals surface area contributed by atoms with Crippen LogP contribution in [0.15, 0.2) is 48.8 Å². The number of methoxy groups -OCH3 is 1. The number of rotatable bonds is 4. The molecule has 7 nitrogen and oxygen atoms in total. The number of fused-ring (bicyclic) bond motifs is 1. The average Bonchev–Trinajstić information content (AvgIpc) is 3.05. The molecule has 130 valence electrons. The highest BCUT2D eigenvalue weighted by Gasteiger charge is 2.15. The van der Waals surface area contributed by atoms with Gasteiger partial charge < -0.3 is 10.1 Å². The van der Waals surface area contributed by atoms with E-state index < -0.39 is 11.8 Å². The number of nitrogens with one attached hydrogen (secondary N) is 1. The molecule has 0 amide bonds. The van der Waals surface area contributed by atoms with E-state index >= 15 is 0 Å². The summed E-state index contributed by atoms with van der Waals surface area (Å²) in [5, 5.41) is 7.03. The minimum Gasteiger partial charge on any atom is -0.481 e. The van der Waals surface area contributed by atoms with E-state index in [1.807, 2.05) is 0 Å². The summed E-state index contributed by atoms with van der Waals surface area (Å²) in [4.78, 5) is 12.3. The van der Waals surface area contributed by atoms with Crippen molar-refractivity contribution < 1.29 is 13.5 Å². The molecule has 0 aliphatic heterocycles. The molecule has 0 aromatic carbocycles. The zero-order valence-corrected chi connectivity index (χ0v) is 13.5. The van der Waals surface area contributed by atoms with Gasteiger partial charge in [-0.05, 0) is 24.3 Å². The first-order valence-electron chi connectivity index (χ1n) is 7.59. The van der Waals surface area contributed by atoms with Gasteiger partial charge in [0.25, 0.3) is 0 Å². The predicted molar refractivity (Wildman–Crippen MR) is 90.2 cm³/mol. The van der Waals surface area contributed by atoms with Crippen LogP contribution in [-0.4, -0.2) is 31.7 Å². The summed E-state index contributed by atoms with van der Waals surface area (Å²) in [7, 11) is 1.49. The van der Waals surface area contributed by atoms with Crippen molar-refractivity contribution in [3.05, 3.63) is 60.6 Å². The molecule has 0 unspecified atom stereocenters.